The summed E-state index contributed by atoms with van der Waals surface area (Å²) < 4.78 is 5.39. The zero-order valence-corrected chi connectivity index (χ0v) is 8.75. The maximum absolute atomic E-state index is 10.6. The Balaban J connectivity index is 3.28. The fraction of sp³-hybridized carbons (Fsp3) is 0.250. The largest absolute Gasteiger partial charge is 0.495 e. The van der Waals surface area contributed by atoms with Gasteiger partial charge in [0.1, 0.15) is 5.75 Å². The van der Waals surface area contributed by atoms with Gasteiger partial charge in [0.15, 0.2) is 5.69 Å². The molecule has 70 valence electrons. The van der Waals surface area contributed by atoms with Gasteiger partial charge >= 0.3 is 5.97 Å². The van der Waals surface area contributed by atoms with Crippen LogP contribution in [0.5, 0.6) is 5.75 Å². The highest BCUT2D eigenvalue weighted by molar-refractivity contribution is 9.10. The lowest BCUT2D eigenvalue weighted by Crippen LogP contribution is -2.04. The lowest BCUT2D eigenvalue weighted by atomic mass is 10.3. The average Bonchev–Trinajstić information content (AvgIpc) is 2.07. The van der Waals surface area contributed by atoms with Gasteiger partial charge in [0.25, 0.3) is 0 Å². The molecular formula is C8H8BrNO3. The summed E-state index contributed by atoms with van der Waals surface area (Å²) in [6, 6.07) is 1.59. The molecule has 0 radical (unpaired) electrons. The summed E-state index contributed by atoms with van der Waals surface area (Å²) in [6.45, 7) is 1.69. The number of carbonyl (C=O) groups is 1. The molecule has 0 unspecified atom stereocenters. The molecule has 0 saturated carbocycles. The molecule has 4 nitrogen and oxygen atoms in total. The minimum atomic E-state index is -1.06. The third-order valence-electron chi connectivity index (χ3n) is 1.54. The molecule has 0 aliphatic rings. The number of aromatic carboxylic acids is 1. The number of nitrogens with zero attached hydrogens (tertiary/aromatic N) is 1. The van der Waals surface area contributed by atoms with Crippen molar-refractivity contribution in [2.45, 2.75) is 6.92 Å². The summed E-state index contributed by atoms with van der Waals surface area (Å²) >= 11 is 3.10. The topological polar surface area (TPSA) is 59.4 Å². The van der Waals surface area contributed by atoms with Crippen LogP contribution in [0.4, 0.5) is 0 Å². The van der Waals surface area contributed by atoms with E-state index in [1.54, 1.807) is 13.0 Å². The van der Waals surface area contributed by atoms with Crippen molar-refractivity contribution >= 4 is 21.9 Å². The summed E-state index contributed by atoms with van der Waals surface area (Å²) in [5.41, 5.74) is 0.557. The van der Waals surface area contributed by atoms with Gasteiger partial charge in [-0.2, -0.15) is 0 Å². The van der Waals surface area contributed by atoms with E-state index >= 15 is 0 Å². The van der Waals surface area contributed by atoms with Crippen molar-refractivity contribution < 1.29 is 14.6 Å². The molecule has 5 heteroatoms. The van der Waals surface area contributed by atoms with Crippen LogP contribution in [0.1, 0.15) is 16.2 Å². The molecule has 0 saturated heterocycles. The average molecular weight is 246 g/mol. The lowest BCUT2D eigenvalue weighted by molar-refractivity contribution is 0.0689. The molecule has 1 aromatic heterocycles. The number of carboxylic acids is 1. The van der Waals surface area contributed by atoms with Crippen LogP contribution in [-0.4, -0.2) is 23.2 Å². The van der Waals surface area contributed by atoms with Crippen molar-refractivity contribution in [3.8, 4) is 5.75 Å². The van der Waals surface area contributed by atoms with Crippen molar-refractivity contribution in [1.82, 2.24) is 4.98 Å². The molecular weight excluding hydrogens is 238 g/mol. The first-order valence-electron chi connectivity index (χ1n) is 3.50. The van der Waals surface area contributed by atoms with Gasteiger partial charge in [0.2, 0.25) is 0 Å². The molecule has 0 aliphatic heterocycles. The predicted molar refractivity (Wildman–Crippen MR) is 50.2 cm³/mol. The van der Waals surface area contributed by atoms with Crippen LogP contribution < -0.4 is 4.74 Å². The first kappa shape index (κ1) is 9.98. The standard InChI is InChI=1S/C8H8BrNO3/c1-4-6(13-2)3-5(9)7(10-4)8(11)12/h3H,1-2H3,(H,11,12). The molecule has 0 aliphatic carbocycles. The molecule has 0 bridgehead atoms. The first-order chi connectivity index (χ1) is 6.06. The second kappa shape index (κ2) is 3.74. The Kier molecular flexibility index (Phi) is 2.87. The first-order valence-corrected chi connectivity index (χ1v) is 4.30. The van der Waals surface area contributed by atoms with Gasteiger partial charge in [0.05, 0.1) is 17.3 Å². The highest BCUT2D eigenvalue weighted by Crippen LogP contribution is 2.23. The second-order valence-electron chi connectivity index (χ2n) is 2.41. The van der Waals surface area contributed by atoms with Crippen molar-refractivity contribution in [3.63, 3.8) is 0 Å². The number of methoxy groups -OCH3 is 1. The Hall–Kier alpha value is -1.10. The van der Waals surface area contributed by atoms with Crippen molar-refractivity contribution in [3.05, 3.63) is 21.9 Å². The number of pyridine rings is 1. The molecule has 0 aromatic carbocycles. The Labute approximate surface area is 83.7 Å². The van der Waals surface area contributed by atoms with Gasteiger partial charge in [-0.05, 0) is 28.9 Å². The van der Waals surface area contributed by atoms with Gasteiger partial charge in [-0.1, -0.05) is 0 Å². The van der Waals surface area contributed by atoms with Gasteiger partial charge in [0, 0.05) is 0 Å². The zero-order chi connectivity index (χ0) is 10.0. The van der Waals surface area contributed by atoms with Gasteiger partial charge in [-0.3, -0.25) is 0 Å². The van der Waals surface area contributed by atoms with Gasteiger partial charge in [-0.25, -0.2) is 9.78 Å². The van der Waals surface area contributed by atoms with Gasteiger partial charge in [-0.15, -0.1) is 0 Å². The van der Waals surface area contributed by atoms with Crippen molar-refractivity contribution in [1.29, 1.82) is 0 Å². The molecule has 0 amide bonds. The quantitative estimate of drug-likeness (QED) is 0.865. The minimum Gasteiger partial charge on any atom is -0.495 e. The van der Waals surface area contributed by atoms with E-state index in [0.717, 1.165) is 0 Å². The third-order valence-corrected chi connectivity index (χ3v) is 2.15. The molecule has 1 heterocycles. The van der Waals surface area contributed by atoms with Crippen LogP contribution in [0, 0.1) is 6.92 Å². The summed E-state index contributed by atoms with van der Waals surface area (Å²) in [4.78, 5) is 14.5. The maximum Gasteiger partial charge on any atom is 0.355 e. The second-order valence-corrected chi connectivity index (χ2v) is 3.27. The van der Waals surface area contributed by atoms with E-state index in [4.69, 9.17) is 9.84 Å². The van der Waals surface area contributed by atoms with Crippen molar-refractivity contribution in [2.75, 3.05) is 7.11 Å². The third kappa shape index (κ3) is 1.98. The van der Waals surface area contributed by atoms with E-state index in [0.29, 0.717) is 15.9 Å². The number of halogens is 1. The lowest BCUT2D eigenvalue weighted by Gasteiger charge is -2.05. The number of hydrogen-bond donors (Lipinski definition) is 1. The van der Waals surface area contributed by atoms with E-state index in [1.165, 1.54) is 7.11 Å². The number of aromatic nitrogens is 1. The van der Waals surface area contributed by atoms with Gasteiger partial charge < -0.3 is 9.84 Å². The normalized spacial score (nSPS) is 9.77. The summed E-state index contributed by atoms with van der Waals surface area (Å²) in [7, 11) is 1.51. The number of ether oxygens (including phenoxy) is 1. The Morgan fingerprint density at radius 1 is 1.69 bits per heavy atom. The maximum atomic E-state index is 10.6. The van der Waals surface area contributed by atoms with Crippen LogP contribution in [0.2, 0.25) is 0 Å². The van der Waals surface area contributed by atoms with E-state index < -0.39 is 5.97 Å². The zero-order valence-electron chi connectivity index (χ0n) is 7.17. The molecule has 13 heavy (non-hydrogen) atoms. The number of aryl methyl sites for hydroxylation is 1. The fourth-order valence-corrected chi connectivity index (χ4v) is 1.39. The minimum absolute atomic E-state index is 0.00157. The van der Waals surface area contributed by atoms with E-state index in [1.807, 2.05) is 0 Å². The van der Waals surface area contributed by atoms with E-state index in [9.17, 15) is 4.79 Å². The van der Waals surface area contributed by atoms with Crippen LogP contribution in [-0.2, 0) is 0 Å². The monoisotopic (exact) mass is 245 g/mol. The molecule has 1 aromatic rings. The highest BCUT2D eigenvalue weighted by Gasteiger charge is 2.13. The van der Waals surface area contributed by atoms with Crippen molar-refractivity contribution in [2.24, 2.45) is 0 Å². The Bertz CT molecular complexity index is 351. The van der Waals surface area contributed by atoms with Crippen LogP contribution in [0.25, 0.3) is 0 Å². The molecule has 0 fully saturated rings. The summed E-state index contributed by atoms with van der Waals surface area (Å²) in [6.07, 6.45) is 0. The Morgan fingerprint density at radius 2 is 2.31 bits per heavy atom. The van der Waals surface area contributed by atoms with Crippen LogP contribution in [0.15, 0.2) is 10.5 Å². The van der Waals surface area contributed by atoms with E-state index in [2.05, 4.69) is 20.9 Å². The smallest absolute Gasteiger partial charge is 0.355 e. The number of hydrogen-bond acceptors (Lipinski definition) is 3. The molecule has 0 atom stereocenters. The van der Waals surface area contributed by atoms with Crippen LogP contribution >= 0.6 is 15.9 Å². The Morgan fingerprint density at radius 3 is 2.77 bits per heavy atom. The summed E-state index contributed by atoms with van der Waals surface area (Å²) in [5, 5.41) is 8.72. The molecule has 0 spiro atoms. The predicted octanol–water partition coefficient (Wildman–Crippen LogP) is 1.86. The fourth-order valence-electron chi connectivity index (χ4n) is 0.921. The summed E-state index contributed by atoms with van der Waals surface area (Å²) in [5.74, 6) is -0.491. The van der Waals surface area contributed by atoms with Crippen LogP contribution in [0.3, 0.4) is 0 Å². The number of carboxylic acid groups (broad SMARTS) is 1. The SMILES string of the molecule is COc1cc(Br)c(C(=O)O)nc1C. The van der Waals surface area contributed by atoms with E-state index in [-0.39, 0.29) is 5.69 Å². The number of rotatable bonds is 2. The molecule has 1 N–H and O–H groups in total. The highest BCUT2D eigenvalue weighted by atomic mass is 79.9. The molecule has 1 rings (SSSR count).